The van der Waals surface area contributed by atoms with Crippen LogP contribution >= 0.6 is 0 Å². The fourth-order valence-corrected chi connectivity index (χ4v) is 8.54. The van der Waals surface area contributed by atoms with Gasteiger partial charge in [0.15, 0.2) is 18.9 Å². The summed E-state index contributed by atoms with van der Waals surface area (Å²) >= 11 is 0. The fourth-order valence-electron chi connectivity index (χ4n) is 8.54. The van der Waals surface area contributed by atoms with E-state index < -0.39 is 148 Å². The van der Waals surface area contributed by atoms with Crippen molar-refractivity contribution >= 4 is 0 Å². The minimum absolute atomic E-state index is 0.0822. The first-order valence-corrected chi connectivity index (χ1v) is 18.3. The summed E-state index contributed by atoms with van der Waals surface area (Å²) in [4.78, 5) is 0. The maximum absolute atomic E-state index is 11.0. The molecule has 2 saturated carbocycles. The molecule has 52 heavy (non-hydrogen) atoms. The summed E-state index contributed by atoms with van der Waals surface area (Å²) in [5.41, 5.74) is 0. The van der Waals surface area contributed by atoms with E-state index in [4.69, 9.17) is 33.2 Å². The molecule has 4 saturated heterocycles. The number of aliphatic hydroxyl groups is 12. The number of ether oxygens (including phenoxy) is 7. The molecule has 6 unspecified atom stereocenters. The van der Waals surface area contributed by atoms with E-state index in [0.29, 0.717) is 25.7 Å². The van der Waals surface area contributed by atoms with Gasteiger partial charge in [-0.25, -0.2) is 0 Å². The van der Waals surface area contributed by atoms with Gasteiger partial charge in [0.05, 0.1) is 55.9 Å². The summed E-state index contributed by atoms with van der Waals surface area (Å²) in [5, 5.41) is 125. The molecule has 4 aliphatic heterocycles. The second kappa shape index (κ2) is 17.2. The predicted octanol–water partition coefficient (Wildman–Crippen LogP) is -5.31. The van der Waals surface area contributed by atoms with E-state index in [1.807, 2.05) is 0 Å². The molecule has 4 heterocycles. The maximum Gasteiger partial charge on any atom is 0.187 e. The van der Waals surface area contributed by atoms with E-state index in [2.05, 4.69) is 0 Å². The number of aliphatic hydroxyl groups excluding tert-OH is 12. The van der Waals surface area contributed by atoms with Crippen LogP contribution in [-0.2, 0) is 33.2 Å². The topological polar surface area (TPSA) is 307 Å². The summed E-state index contributed by atoms with van der Waals surface area (Å²) < 4.78 is 41.8. The van der Waals surface area contributed by atoms with Crippen LogP contribution in [0.1, 0.15) is 51.9 Å². The first-order chi connectivity index (χ1) is 24.7. The lowest BCUT2D eigenvalue weighted by molar-refractivity contribution is -0.351. The van der Waals surface area contributed by atoms with Crippen molar-refractivity contribution in [2.75, 3.05) is 13.2 Å². The lowest BCUT2D eigenvalue weighted by Crippen LogP contribution is -2.63. The average molecular weight is 757 g/mol. The Kier molecular flexibility index (Phi) is 13.5. The molecule has 0 aromatic heterocycles. The molecule has 21 atom stereocenters. The van der Waals surface area contributed by atoms with Gasteiger partial charge >= 0.3 is 0 Å². The zero-order valence-corrected chi connectivity index (χ0v) is 28.9. The summed E-state index contributed by atoms with van der Waals surface area (Å²) in [6.07, 6.45) is -24.0. The van der Waals surface area contributed by atoms with Crippen LogP contribution < -0.4 is 0 Å². The van der Waals surface area contributed by atoms with Gasteiger partial charge in [0.2, 0.25) is 0 Å². The zero-order chi connectivity index (χ0) is 37.6. The Morgan fingerprint density at radius 3 is 1.71 bits per heavy atom. The summed E-state index contributed by atoms with van der Waals surface area (Å²) in [7, 11) is 0. The molecule has 0 amide bonds. The smallest absolute Gasteiger partial charge is 0.187 e. The maximum atomic E-state index is 11.0. The Morgan fingerprint density at radius 2 is 1.08 bits per heavy atom. The van der Waals surface area contributed by atoms with Crippen LogP contribution in [0.3, 0.4) is 0 Å². The Labute approximate surface area is 300 Å². The van der Waals surface area contributed by atoms with Crippen molar-refractivity contribution in [1.82, 2.24) is 0 Å². The highest BCUT2D eigenvalue weighted by Gasteiger charge is 2.54. The molecule has 0 aromatic rings. The third kappa shape index (κ3) is 8.48. The predicted molar refractivity (Wildman–Crippen MR) is 168 cm³/mol. The van der Waals surface area contributed by atoms with Crippen LogP contribution in [0.4, 0.5) is 0 Å². The van der Waals surface area contributed by atoms with Crippen molar-refractivity contribution < 1.29 is 94.4 Å². The summed E-state index contributed by atoms with van der Waals surface area (Å²) in [6, 6.07) is 0. The Bertz CT molecular complexity index is 1130. The van der Waals surface area contributed by atoms with Crippen LogP contribution in [0.15, 0.2) is 0 Å². The molecule has 19 heteroatoms. The van der Waals surface area contributed by atoms with Crippen molar-refractivity contribution in [2.45, 2.75) is 181 Å². The van der Waals surface area contributed by atoms with Gasteiger partial charge in [-0.1, -0.05) is 0 Å². The molecule has 0 aromatic carbocycles. The zero-order valence-electron chi connectivity index (χ0n) is 28.9. The van der Waals surface area contributed by atoms with Crippen molar-refractivity contribution in [3.63, 3.8) is 0 Å². The molecule has 12 N–H and O–H groups in total. The first-order valence-electron chi connectivity index (χ1n) is 18.3. The van der Waals surface area contributed by atoms with E-state index in [1.54, 1.807) is 0 Å². The summed E-state index contributed by atoms with van der Waals surface area (Å²) in [6.45, 7) is 0.333. The van der Waals surface area contributed by atoms with Crippen LogP contribution in [0.5, 0.6) is 0 Å². The largest absolute Gasteiger partial charge is 0.394 e. The number of hydrogen-bond donors (Lipinski definition) is 12. The third-order valence-corrected chi connectivity index (χ3v) is 11.7. The Hall–Kier alpha value is -0.760. The minimum atomic E-state index is -1.76. The lowest BCUT2D eigenvalue weighted by atomic mass is 9.73. The second-order valence-corrected chi connectivity index (χ2v) is 15.3. The molecule has 6 fully saturated rings. The van der Waals surface area contributed by atoms with E-state index in [9.17, 15) is 61.3 Å². The van der Waals surface area contributed by atoms with Crippen molar-refractivity contribution in [2.24, 2.45) is 11.8 Å². The number of rotatable bonds is 9. The van der Waals surface area contributed by atoms with Gasteiger partial charge in [-0.05, 0) is 51.4 Å². The van der Waals surface area contributed by atoms with E-state index >= 15 is 0 Å². The first kappa shape index (κ1) is 40.9. The van der Waals surface area contributed by atoms with Gasteiger partial charge in [-0.15, -0.1) is 0 Å². The minimum Gasteiger partial charge on any atom is -0.394 e. The van der Waals surface area contributed by atoms with Crippen molar-refractivity contribution in [1.29, 1.82) is 0 Å². The van der Waals surface area contributed by atoms with Crippen LogP contribution in [0.25, 0.3) is 0 Å². The molecule has 302 valence electrons. The van der Waals surface area contributed by atoms with E-state index in [1.165, 1.54) is 6.92 Å². The second-order valence-electron chi connectivity index (χ2n) is 15.3. The highest BCUT2D eigenvalue weighted by Crippen LogP contribution is 2.45. The standard InChI is InChI=1S/C33H56O19/c1-11-21(37)24(40)27(43)31(47-11)46-10-20-23(39)26(42)29(45)33(52-20)50-18-8-15-16(48-30(18)12-2-4-13(35)5-3-12)6-14(36)7-17(15)49-32-28(44)25(41)22(38)19(9-34)51-32/h11-45H,2-10H2,1H3/t11-,12?,13?,14?,15?,16?,17?,18?,19+,20+,21-,22+,23+,24+,25-,26-,27+,28+,29+,30?,31+,32+,33+/m0/s1. The van der Waals surface area contributed by atoms with Crippen molar-refractivity contribution in [3.05, 3.63) is 0 Å². The fraction of sp³-hybridized carbons (Fsp3) is 1.00. The monoisotopic (exact) mass is 756 g/mol. The number of fused-ring (bicyclic) bond motifs is 1. The van der Waals surface area contributed by atoms with Gasteiger partial charge in [-0.2, -0.15) is 0 Å². The van der Waals surface area contributed by atoms with Crippen LogP contribution in [0, 0.1) is 11.8 Å². The molecular formula is C33H56O19. The van der Waals surface area contributed by atoms with Gasteiger partial charge in [0, 0.05) is 12.3 Å². The van der Waals surface area contributed by atoms with Gasteiger partial charge < -0.3 is 94.4 Å². The van der Waals surface area contributed by atoms with Crippen LogP contribution in [-0.4, -0.2) is 203 Å². The molecule has 6 aliphatic rings. The highest BCUT2D eigenvalue weighted by molar-refractivity contribution is 5.00. The van der Waals surface area contributed by atoms with Crippen molar-refractivity contribution in [3.8, 4) is 0 Å². The highest BCUT2D eigenvalue weighted by atomic mass is 16.7. The molecule has 6 rings (SSSR count). The summed E-state index contributed by atoms with van der Waals surface area (Å²) in [5.74, 6) is -0.613. The van der Waals surface area contributed by atoms with Crippen LogP contribution in [0.2, 0.25) is 0 Å². The normalized spacial score (nSPS) is 54.8. The molecule has 0 bridgehead atoms. The lowest BCUT2D eigenvalue weighted by Gasteiger charge is -2.52. The molecule has 0 spiro atoms. The van der Waals surface area contributed by atoms with E-state index in [0.717, 1.165) is 0 Å². The van der Waals surface area contributed by atoms with Gasteiger partial charge in [-0.3, -0.25) is 0 Å². The molecule has 2 aliphatic carbocycles. The molecular weight excluding hydrogens is 700 g/mol. The van der Waals surface area contributed by atoms with E-state index in [-0.39, 0.29) is 25.2 Å². The SMILES string of the molecule is C[C@@H]1O[C@@H](OC[C@H]2O[C@@H](OC3CC4C(CC(O)CC4O[C@@H]4O[C@H](CO)[C@@H](O)[C@H](O)[C@H]4O)OC3C3CCC(O)CC3)[C@H](O)[C@@H](O)[C@@H]2O)[C@H](O)[C@H](O)[C@H]1O. The Balaban J connectivity index is 1.19. The Morgan fingerprint density at radius 1 is 0.519 bits per heavy atom. The average Bonchev–Trinajstić information content (AvgIpc) is 3.12. The third-order valence-electron chi connectivity index (χ3n) is 11.7. The molecule has 19 nitrogen and oxygen atoms in total. The molecule has 0 radical (unpaired) electrons. The quantitative estimate of drug-likeness (QED) is 0.105. The van der Waals surface area contributed by atoms with Gasteiger partial charge in [0.1, 0.15) is 67.1 Å². The number of hydrogen-bond acceptors (Lipinski definition) is 19. The van der Waals surface area contributed by atoms with Gasteiger partial charge in [0.25, 0.3) is 0 Å².